The van der Waals surface area contributed by atoms with E-state index in [0.29, 0.717) is 18.0 Å². The highest BCUT2D eigenvalue weighted by Gasteiger charge is 2.39. The zero-order chi connectivity index (χ0) is 24.1. The first-order chi connectivity index (χ1) is 15.3. The van der Waals surface area contributed by atoms with E-state index in [0.717, 1.165) is 51.9 Å². The second-order valence-electron chi connectivity index (χ2n) is 7.85. The topological polar surface area (TPSA) is 63.7 Å². The summed E-state index contributed by atoms with van der Waals surface area (Å²) in [6.07, 6.45) is -5.31. The van der Waals surface area contributed by atoms with Crippen molar-refractivity contribution in [2.24, 2.45) is 0 Å². The highest BCUT2D eigenvalue weighted by Crippen LogP contribution is 2.38. The average Bonchev–Trinajstić information content (AvgIpc) is 3.09. The van der Waals surface area contributed by atoms with E-state index in [1.165, 1.54) is 16.2 Å². The molecule has 1 amide bonds. The molecule has 1 atom stereocenters. The second-order valence-corrected chi connectivity index (χ2v) is 11.4. The van der Waals surface area contributed by atoms with Gasteiger partial charge in [0.05, 0.1) is 17.0 Å². The van der Waals surface area contributed by atoms with Crippen LogP contribution in [0.2, 0.25) is 5.02 Å². The Labute approximate surface area is 197 Å². The number of benzene rings is 2. The van der Waals surface area contributed by atoms with Gasteiger partial charge in [-0.15, -0.1) is 11.3 Å². The maximum Gasteiger partial charge on any atom is 0.425 e. The van der Waals surface area contributed by atoms with E-state index in [4.69, 9.17) is 16.3 Å². The molecule has 2 heterocycles. The van der Waals surface area contributed by atoms with Crippen LogP contribution in [0, 0.1) is 0 Å². The van der Waals surface area contributed by atoms with Crippen molar-refractivity contribution < 1.29 is 31.1 Å². The molecule has 0 spiro atoms. The summed E-state index contributed by atoms with van der Waals surface area (Å²) in [7, 11) is -3.69. The Morgan fingerprint density at radius 2 is 1.94 bits per heavy atom. The fraction of sp³-hybridized carbons (Fsp3) is 0.318. The molecule has 3 aromatic rings. The summed E-state index contributed by atoms with van der Waals surface area (Å²) in [5.74, 6) is -0.905. The lowest BCUT2D eigenvalue weighted by molar-refractivity contribution is -0.189. The van der Waals surface area contributed by atoms with Gasteiger partial charge in [-0.25, -0.2) is 8.42 Å². The third kappa shape index (κ3) is 4.83. The van der Waals surface area contributed by atoms with Crippen molar-refractivity contribution in [2.75, 3.05) is 12.8 Å². The molecule has 5 nitrogen and oxygen atoms in total. The molecule has 1 aliphatic rings. The normalized spacial score (nSPS) is 15.4. The minimum absolute atomic E-state index is 0.174. The molecule has 2 aromatic carbocycles. The predicted molar refractivity (Wildman–Crippen MR) is 121 cm³/mol. The van der Waals surface area contributed by atoms with Gasteiger partial charge in [-0.05, 0) is 60.7 Å². The number of alkyl halides is 3. The molecule has 11 heteroatoms. The van der Waals surface area contributed by atoms with Crippen LogP contribution in [-0.4, -0.2) is 44.3 Å². The summed E-state index contributed by atoms with van der Waals surface area (Å²) < 4.78 is 69.3. The van der Waals surface area contributed by atoms with Gasteiger partial charge >= 0.3 is 6.18 Å². The Balaban J connectivity index is 1.70. The van der Waals surface area contributed by atoms with Crippen molar-refractivity contribution >= 4 is 48.8 Å². The number of sulfone groups is 1. The maximum atomic E-state index is 13.4. The lowest BCUT2D eigenvalue weighted by atomic mass is 10.0. The lowest BCUT2D eigenvalue weighted by Crippen LogP contribution is -2.36. The van der Waals surface area contributed by atoms with Crippen molar-refractivity contribution in [1.29, 1.82) is 0 Å². The molecule has 4 rings (SSSR count). The third-order valence-electron chi connectivity index (χ3n) is 5.46. The highest BCUT2D eigenvalue weighted by molar-refractivity contribution is 7.90. The quantitative estimate of drug-likeness (QED) is 0.459. The van der Waals surface area contributed by atoms with Crippen LogP contribution < -0.4 is 4.74 Å². The molecule has 0 unspecified atom stereocenters. The molecule has 0 N–H and O–H groups in total. The number of thiophene rings is 1. The van der Waals surface area contributed by atoms with Gasteiger partial charge < -0.3 is 9.64 Å². The van der Waals surface area contributed by atoms with Crippen molar-refractivity contribution in [3.05, 3.63) is 57.4 Å². The summed E-state index contributed by atoms with van der Waals surface area (Å²) in [6.45, 7) is 1.40. The molecule has 0 aliphatic carbocycles. The molecule has 176 valence electrons. The number of hydrogen-bond acceptors (Lipinski definition) is 5. The van der Waals surface area contributed by atoms with Crippen LogP contribution in [0.5, 0.6) is 5.75 Å². The monoisotopic (exact) mass is 517 g/mol. The van der Waals surface area contributed by atoms with E-state index in [1.807, 2.05) is 12.1 Å². The predicted octanol–water partition coefficient (Wildman–Crippen LogP) is 5.49. The van der Waals surface area contributed by atoms with E-state index in [9.17, 15) is 26.4 Å². The molecule has 1 aliphatic heterocycles. The van der Waals surface area contributed by atoms with Gasteiger partial charge in [0.25, 0.3) is 5.91 Å². The number of amides is 1. The first kappa shape index (κ1) is 23.8. The molecule has 1 aromatic heterocycles. The second kappa shape index (κ2) is 8.48. The van der Waals surface area contributed by atoms with Crippen LogP contribution in [0.4, 0.5) is 13.2 Å². The number of carbonyl (C=O) groups is 1. The van der Waals surface area contributed by atoms with Gasteiger partial charge in [0.1, 0.15) is 5.75 Å². The lowest BCUT2D eigenvalue weighted by Gasteiger charge is -2.28. The Hall–Kier alpha value is -2.30. The molecule has 0 saturated heterocycles. The standard InChI is InChI=1S/C22H19ClF3NO4S2/c1-12(22(24,25)26)31-18-5-4-14(33(2,29)30)10-17(18)21(28)27-8-7-15-16-9-13(23)3-6-19(16)32-20(15)11-27/h3-6,9-10,12H,7-8,11H2,1-2H3/t12-/m0/s1. The first-order valence-electron chi connectivity index (χ1n) is 9.91. The number of nitrogens with zero attached hydrogens (tertiary/aromatic N) is 1. The summed E-state index contributed by atoms with van der Waals surface area (Å²) in [5.41, 5.74) is 0.871. The number of hydrogen-bond donors (Lipinski definition) is 0. The number of rotatable bonds is 4. The van der Waals surface area contributed by atoms with Gasteiger partial charge in [-0.3, -0.25) is 4.79 Å². The van der Waals surface area contributed by atoms with E-state index in [1.54, 1.807) is 6.07 Å². The largest absolute Gasteiger partial charge is 0.480 e. The summed E-state index contributed by atoms with van der Waals surface area (Å²) in [4.78, 5) is 15.6. The van der Waals surface area contributed by atoms with Crippen LogP contribution in [0.1, 0.15) is 27.7 Å². The first-order valence-corrected chi connectivity index (χ1v) is 13.0. The van der Waals surface area contributed by atoms with Crippen LogP contribution >= 0.6 is 22.9 Å². The van der Waals surface area contributed by atoms with Crippen molar-refractivity contribution in [2.45, 2.75) is 37.1 Å². The molecule has 0 saturated carbocycles. The smallest absolute Gasteiger partial charge is 0.425 e. The zero-order valence-electron chi connectivity index (χ0n) is 17.6. The van der Waals surface area contributed by atoms with Gasteiger partial charge in [0.2, 0.25) is 0 Å². The fourth-order valence-corrected chi connectivity index (χ4v) is 5.75. The Morgan fingerprint density at radius 3 is 2.61 bits per heavy atom. The minimum atomic E-state index is -4.64. The SMILES string of the molecule is C[C@H](Oc1ccc(S(C)(=O)=O)cc1C(=O)N1CCc2c(sc3ccc(Cl)cc23)C1)C(F)(F)F. The third-order valence-corrected chi connectivity index (χ3v) is 8.01. The molecule has 0 radical (unpaired) electrons. The highest BCUT2D eigenvalue weighted by atomic mass is 35.5. The van der Waals surface area contributed by atoms with E-state index < -0.39 is 28.0 Å². The van der Waals surface area contributed by atoms with Gasteiger partial charge in [0, 0.05) is 27.4 Å². The molecule has 0 fully saturated rings. The van der Waals surface area contributed by atoms with Crippen molar-refractivity contribution in [3.63, 3.8) is 0 Å². The number of ether oxygens (including phenoxy) is 1. The van der Waals surface area contributed by atoms with E-state index in [2.05, 4.69) is 0 Å². The Kier molecular flexibility index (Phi) is 6.13. The van der Waals surface area contributed by atoms with Crippen LogP contribution in [0.3, 0.4) is 0 Å². The van der Waals surface area contributed by atoms with Crippen LogP contribution in [0.15, 0.2) is 41.3 Å². The zero-order valence-corrected chi connectivity index (χ0v) is 20.0. The summed E-state index contributed by atoms with van der Waals surface area (Å²) in [6, 6.07) is 8.89. The molecular weight excluding hydrogens is 499 g/mol. The summed E-state index contributed by atoms with van der Waals surface area (Å²) >= 11 is 7.64. The maximum absolute atomic E-state index is 13.4. The molecular formula is C22H19ClF3NO4S2. The average molecular weight is 518 g/mol. The summed E-state index contributed by atoms with van der Waals surface area (Å²) in [5, 5.41) is 1.64. The van der Waals surface area contributed by atoms with E-state index in [-0.39, 0.29) is 22.8 Å². The van der Waals surface area contributed by atoms with Gasteiger partial charge in [-0.1, -0.05) is 11.6 Å². The molecule has 33 heavy (non-hydrogen) atoms. The van der Waals surface area contributed by atoms with E-state index >= 15 is 0 Å². The number of fused-ring (bicyclic) bond motifs is 3. The van der Waals surface area contributed by atoms with Crippen molar-refractivity contribution in [1.82, 2.24) is 4.90 Å². The van der Waals surface area contributed by atoms with Gasteiger partial charge in [-0.2, -0.15) is 13.2 Å². The van der Waals surface area contributed by atoms with Crippen molar-refractivity contribution in [3.8, 4) is 5.75 Å². The van der Waals surface area contributed by atoms with Crippen LogP contribution in [-0.2, 0) is 22.8 Å². The number of halogens is 4. The van der Waals surface area contributed by atoms with Crippen LogP contribution in [0.25, 0.3) is 10.1 Å². The number of carbonyl (C=O) groups excluding carboxylic acids is 1. The minimum Gasteiger partial charge on any atom is -0.480 e. The Morgan fingerprint density at radius 1 is 1.21 bits per heavy atom. The van der Waals surface area contributed by atoms with Gasteiger partial charge in [0.15, 0.2) is 15.9 Å². The molecule has 0 bridgehead atoms. The Bertz CT molecular complexity index is 1350. The fourth-order valence-electron chi connectivity index (χ4n) is 3.68.